The molecule has 1 amide bonds. The van der Waals surface area contributed by atoms with Crippen LogP contribution < -0.4 is 0 Å². The number of carbonyl (C=O) groups excluding carboxylic acids is 1. The first-order valence-electron chi connectivity index (χ1n) is 11.7. The Hall–Kier alpha value is -3.41. The Labute approximate surface area is 194 Å². The third kappa shape index (κ3) is 4.56. The van der Waals surface area contributed by atoms with Crippen LogP contribution in [-0.2, 0) is 4.74 Å². The molecule has 0 aromatic carbocycles. The van der Waals surface area contributed by atoms with E-state index in [-0.39, 0.29) is 6.09 Å². The van der Waals surface area contributed by atoms with Gasteiger partial charge >= 0.3 is 6.09 Å². The van der Waals surface area contributed by atoms with Gasteiger partial charge in [-0.2, -0.15) is 0 Å². The zero-order valence-electron chi connectivity index (χ0n) is 19.5. The van der Waals surface area contributed by atoms with Gasteiger partial charge in [0.1, 0.15) is 11.2 Å². The number of ether oxygens (including phenoxy) is 1. The lowest BCUT2D eigenvalue weighted by Gasteiger charge is -2.29. The van der Waals surface area contributed by atoms with Gasteiger partial charge < -0.3 is 9.64 Å². The quantitative estimate of drug-likeness (QED) is 0.500. The molecular weight excluding hydrogens is 412 g/mol. The van der Waals surface area contributed by atoms with E-state index in [0.717, 1.165) is 47.4 Å². The van der Waals surface area contributed by atoms with Crippen LogP contribution in [0.5, 0.6) is 0 Å². The number of hydrogen-bond donors (Lipinski definition) is 0. The maximum atomic E-state index is 12.3. The molecule has 0 saturated heterocycles. The van der Waals surface area contributed by atoms with Crippen molar-refractivity contribution in [2.45, 2.75) is 52.1 Å². The predicted octanol–water partition coefficient (Wildman–Crippen LogP) is 5.99. The molecule has 0 unspecified atom stereocenters. The van der Waals surface area contributed by atoms with Crippen LogP contribution in [0.25, 0.3) is 28.1 Å². The van der Waals surface area contributed by atoms with Gasteiger partial charge in [0.15, 0.2) is 0 Å². The van der Waals surface area contributed by atoms with Gasteiger partial charge in [0.05, 0.1) is 17.6 Å². The van der Waals surface area contributed by atoms with Gasteiger partial charge in [-0.05, 0) is 87.4 Å². The summed E-state index contributed by atoms with van der Waals surface area (Å²) in [6, 6.07) is 8.48. The maximum Gasteiger partial charge on any atom is 0.410 e. The van der Waals surface area contributed by atoms with Gasteiger partial charge in [-0.3, -0.25) is 9.38 Å². The molecule has 1 aliphatic carbocycles. The molecule has 4 heterocycles. The molecule has 3 aromatic rings. The summed E-state index contributed by atoms with van der Waals surface area (Å²) in [6.07, 6.45) is 14.3. The average Bonchev–Trinajstić information content (AvgIpc) is 3.48. The first-order valence-corrected chi connectivity index (χ1v) is 11.7. The largest absolute Gasteiger partial charge is 0.444 e. The molecule has 0 saturated carbocycles. The Bertz CT molecular complexity index is 1260. The van der Waals surface area contributed by atoms with Gasteiger partial charge in [-0.25, -0.2) is 9.78 Å². The minimum atomic E-state index is -0.478. The van der Waals surface area contributed by atoms with Gasteiger partial charge in [0.2, 0.25) is 0 Å². The second-order valence-electron chi connectivity index (χ2n) is 9.74. The Balaban J connectivity index is 1.36. The Morgan fingerprint density at radius 2 is 1.91 bits per heavy atom. The van der Waals surface area contributed by atoms with Crippen molar-refractivity contribution in [2.24, 2.45) is 0 Å². The number of allylic oxidation sites excluding steroid dienone is 2. The lowest BCUT2D eigenvalue weighted by Crippen LogP contribution is -2.39. The minimum Gasteiger partial charge on any atom is -0.444 e. The highest BCUT2D eigenvalue weighted by Crippen LogP contribution is 2.30. The van der Waals surface area contributed by atoms with Crippen molar-refractivity contribution in [2.75, 3.05) is 13.1 Å². The van der Waals surface area contributed by atoms with E-state index in [1.807, 2.05) is 39.2 Å². The van der Waals surface area contributed by atoms with Crippen molar-refractivity contribution in [1.82, 2.24) is 19.3 Å². The van der Waals surface area contributed by atoms with Crippen molar-refractivity contribution in [3.05, 3.63) is 66.3 Å². The number of aromatic nitrogens is 3. The van der Waals surface area contributed by atoms with Crippen LogP contribution in [0.4, 0.5) is 4.79 Å². The Kier molecular flexibility index (Phi) is 5.52. The molecule has 33 heavy (non-hydrogen) atoms. The fourth-order valence-electron chi connectivity index (χ4n) is 4.49. The lowest BCUT2D eigenvalue weighted by atomic mass is 10.0. The van der Waals surface area contributed by atoms with Gasteiger partial charge in [0, 0.05) is 31.0 Å². The van der Waals surface area contributed by atoms with Crippen molar-refractivity contribution in [3.8, 4) is 11.3 Å². The van der Waals surface area contributed by atoms with Crippen molar-refractivity contribution >= 4 is 22.9 Å². The third-order valence-electron chi connectivity index (χ3n) is 6.17. The average molecular weight is 443 g/mol. The number of fused-ring (bicyclic) bond motifs is 1. The number of hydrogen-bond acceptors (Lipinski definition) is 4. The summed E-state index contributed by atoms with van der Waals surface area (Å²) in [5, 5.41) is 0. The fraction of sp³-hybridized carbons (Fsp3) is 0.370. The van der Waals surface area contributed by atoms with E-state index in [2.05, 4.69) is 50.9 Å². The third-order valence-corrected chi connectivity index (χ3v) is 6.17. The molecule has 6 heteroatoms. The fourth-order valence-corrected chi connectivity index (χ4v) is 4.49. The molecule has 1 aliphatic heterocycles. The molecule has 0 fully saturated rings. The number of rotatable bonds is 3. The molecule has 2 aliphatic rings. The number of pyridine rings is 2. The molecule has 5 rings (SSSR count). The summed E-state index contributed by atoms with van der Waals surface area (Å²) >= 11 is 0. The number of nitrogens with zero attached hydrogens (tertiary/aromatic N) is 4. The maximum absolute atomic E-state index is 12.3. The first-order chi connectivity index (χ1) is 15.9. The monoisotopic (exact) mass is 442 g/mol. The van der Waals surface area contributed by atoms with E-state index in [9.17, 15) is 4.79 Å². The molecule has 170 valence electrons. The first kappa shape index (κ1) is 21.4. The van der Waals surface area contributed by atoms with Crippen molar-refractivity contribution in [1.29, 1.82) is 0 Å². The molecule has 0 bridgehead atoms. The highest BCUT2D eigenvalue weighted by Gasteiger charge is 2.24. The molecular formula is C27H30N4O2. The zero-order chi connectivity index (χ0) is 23.0. The summed E-state index contributed by atoms with van der Waals surface area (Å²) in [5.74, 6) is 0. The predicted molar refractivity (Wildman–Crippen MR) is 131 cm³/mol. The molecule has 0 spiro atoms. The van der Waals surface area contributed by atoms with Gasteiger partial charge in [-0.15, -0.1) is 0 Å². The van der Waals surface area contributed by atoms with Crippen LogP contribution >= 0.6 is 0 Å². The Morgan fingerprint density at radius 1 is 1.03 bits per heavy atom. The van der Waals surface area contributed by atoms with E-state index < -0.39 is 5.60 Å². The summed E-state index contributed by atoms with van der Waals surface area (Å²) in [6.45, 7) is 6.89. The standard InChI is InChI=1S/C27H30N4O2/c1-27(2,3)33-26(32)30-13-9-19(10-14-30)21-11-15-31-24(18-29-25(31)17-21)22-8-12-28-23(16-22)20-6-4-5-7-20/h6,8-9,11-12,15-18H,4-5,7,10,13-14H2,1-3H3. The molecule has 0 N–H and O–H groups in total. The SMILES string of the molecule is CC(C)(C)OC(=O)N1CC=C(c2ccn3c(-c4ccnc(C5=CCCC5)c4)cnc3c2)CC1. The summed E-state index contributed by atoms with van der Waals surface area (Å²) in [5.41, 5.74) is 7.42. The van der Waals surface area contributed by atoms with E-state index in [4.69, 9.17) is 4.74 Å². The van der Waals surface area contributed by atoms with Crippen LogP contribution in [-0.4, -0.2) is 44.1 Å². The lowest BCUT2D eigenvalue weighted by molar-refractivity contribution is 0.0270. The van der Waals surface area contributed by atoms with E-state index >= 15 is 0 Å². The normalized spacial score (nSPS) is 16.6. The number of amides is 1. The van der Waals surface area contributed by atoms with Gasteiger partial charge in [0.25, 0.3) is 0 Å². The summed E-state index contributed by atoms with van der Waals surface area (Å²) in [4.78, 5) is 23.3. The Morgan fingerprint density at radius 3 is 2.64 bits per heavy atom. The van der Waals surface area contributed by atoms with E-state index in [0.29, 0.717) is 13.1 Å². The van der Waals surface area contributed by atoms with Crippen LogP contribution in [0.1, 0.15) is 57.7 Å². The molecule has 0 atom stereocenters. The summed E-state index contributed by atoms with van der Waals surface area (Å²) < 4.78 is 7.62. The van der Waals surface area contributed by atoms with Crippen LogP contribution in [0.3, 0.4) is 0 Å². The number of imidazole rings is 1. The second-order valence-corrected chi connectivity index (χ2v) is 9.74. The van der Waals surface area contributed by atoms with Crippen molar-refractivity contribution in [3.63, 3.8) is 0 Å². The molecule has 3 aromatic heterocycles. The van der Waals surface area contributed by atoms with Crippen LogP contribution in [0.15, 0.2) is 55.0 Å². The minimum absolute atomic E-state index is 0.253. The second kappa shape index (κ2) is 8.50. The topological polar surface area (TPSA) is 59.7 Å². The smallest absolute Gasteiger partial charge is 0.410 e. The number of carbonyl (C=O) groups is 1. The van der Waals surface area contributed by atoms with Crippen LogP contribution in [0, 0.1) is 0 Å². The highest BCUT2D eigenvalue weighted by atomic mass is 16.6. The van der Waals surface area contributed by atoms with Gasteiger partial charge in [-0.1, -0.05) is 12.2 Å². The summed E-state index contributed by atoms with van der Waals surface area (Å²) in [7, 11) is 0. The van der Waals surface area contributed by atoms with Crippen LogP contribution in [0.2, 0.25) is 0 Å². The van der Waals surface area contributed by atoms with Crippen molar-refractivity contribution < 1.29 is 9.53 Å². The highest BCUT2D eigenvalue weighted by molar-refractivity contribution is 5.75. The van der Waals surface area contributed by atoms with E-state index in [1.54, 1.807) is 4.90 Å². The molecule has 0 radical (unpaired) electrons. The zero-order valence-corrected chi connectivity index (χ0v) is 19.5. The molecule has 6 nitrogen and oxygen atoms in total. The van der Waals surface area contributed by atoms with E-state index in [1.165, 1.54) is 17.6 Å².